The van der Waals surface area contributed by atoms with Gasteiger partial charge >= 0.3 is 0 Å². The number of methoxy groups -OCH3 is 1. The Kier molecular flexibility index (Phi) is 4.72. The second kappa shape index (κ2) is 7.10. The molecular formula is C18H14ClN3O2. The van der Waals surface area contributed by atoms with E-state index in [-0.39, 0.29) is 5.91 Å². The SMILES string of the molecule is COc1ccc(NC(=O)c2cnc(-c3ccc(Cl)cc3)nc2)cc1. The van der Waals surface area contributed by atoms with Gasteiger partial charge in [0.05, 0.1) is 12.7 Å². The highest BCUT2D eigenvalue weighted by Gasteiger charge is 2.09. The number of anilines is 1. The molecule has 0 radical (unpaired) electrons. The molecule has 0 saturated heterocycles. The Hall–Kier alpha value is -2.92. The molecule has 1 amide bonds. The van der Waals surface area contributed by atoms with E-state index in [0.717, 1.165) is 11.3 Å². The highest BCUT2D eigenvalue weighted by atomic mass is 35.5. The fraction of sp³-hybridized carbons (Fsp3) is 0.0556. The van der Waals surface area contributed by atoms with Crippen LogP contribution in [-0.4, -0.2) is 23.0 Å². The van der Waals surface area contributed by atoms with Crippen LogP contribution in [0.15, 0.2) is 60.9 Å². The summed E-state index contributed by atoms with van der Waals surface area (Å²) >= 11 is 5.86. The summed E-state index contributed by atoms with van der Waals surface area (Å²) in [5.41, 5.74) is 1.88. The molecule has 0 spiro atoms. The van der Waals surface area contributed by atoms with Crippen LogP contribution in [0.1, 0.15) is 10.4 Å². The molecule has 0 saturated carbocycles. The number of amides is 1. The summed E-state index contributed by atoms with van der Waals surface area (Å²) in [6, 6.07) is 14.3. The van der Waals surface area contributed by atoms with Gasteiger partial charge in [0.2, 0.25) is 0 Å². The average molecular weight is 340 g/mol. The van der Waals surface area contributed by atoms with Crippen LogP contribution >= 0.6 is 11.6 Å². The zero-order valence-electron chi connectivity index (χ0n) is 12.9. The number of benzene rings is 2. The lowest BCUT2D eigenvalue weighted by molar-refractivity contribution is 0.102. The van der Waals surface area contributed by atoms with Crippen LogP contribution < -0.4 is 10.1 Å². The third-order valence-electron chi connectivity index (χ3n) is 3.36. The van der Waals surface area contributed by atoms with E-state index in [0.29, 0.717) is 22.1 Å². The molecule has 1 N–H and O–H groups in total. The maximum Gasteiger partial charge on any atom is 0.258 e. The van der Waals surface area contributed by atoms with Gasteiger partial charge in [0.15, 0.2) is 5.82 Å². The van der Waals surface area contributed by atoms with Crippen molar-refractivity contribution in [3.8, 4) is 17.1 Å². The van der Waals surface area contributed by atoms with Crippen LogP contribution in [0.2, 0.25) is 5.02 Å². The number of hydrogen-bond acceptors (Lipinski definition) is 4. The van der Waals surface area contributed by atoms with Crippen molar-refractivity contribution in [3.63, 3.8) is 0 Å². The second-order valence-corrected chi connectivity index (χ2v) is 5.42. The minimum atomic E-state index is -0.275. The Morgan fingerprint density at radius 3 is 2.21 bits per heavy atom. The van der Waals surface area contributed by atoms with Crippen LogP contribution in [0.4, 0.5) is 5.69 Å². The molecule has 2 aromatic carbocycles. The van der Waals surface area contributed by atoms with Gasteiger partial charge in [0.1, 0.15) is 5.75 Å². The topological polar surface area (TPSA) is 64.1 Å². The quantitative estimate of drug-likeness (QED) is 0.778. The second-order valence-electron chi connectivity index (χ2n) is 4.98. The van der Waals surface area contributed by atoms with E-state index in [4.69, 9.17) is 16.3 Å². The van der Waals surface area contributed by atoms with E-state index >= 15 is 0 Å². The predicted octanol–water partition coefficient (Wildman–Crippen LogP) is 4.06. The summed E-state index contributed by atoms with van der Waals surface area (Å²) < 4.78 is 5.08. The summed E-state index contributed by atoms with van der Waals surface area (Å²) in [7, 11) is 1.59. The van der Waals surface area contributed by atoms with E-state index < -0.39 is 0 Å². The number of rotatable bonds is 4. The summed E-state index contributed by atoms with van der Waals surface area (Å²) in [6.45, 7) is 0. The zero-order chi connectivity index (χ0) is 16.9. The normalized spacial score (nSPS) is 10.2. The highest BCUT2D eigenvalue weighted by Crippen LogP contribution is 2.18. The van der Waals surface area contributed by atoms with E-state index in [1.54, 1.807) is 43.5 Å². The van der Waals surface area contributed by atoms with Crippen molar-refractivity contribution in [2.45, 2.75) is 0 Å². The largest absolute Gasteiger partial charge is 0.497 e. The van der Waals surface area contributed by atoms with Gasteiger partial charge in [-0.05, 0) is 48.5 Å². The van der Waals surface area contributed by atoms with E-state index in [2.05, 4.69) is 15.3 Å². The maximum atomic E-state index is 12.2. The van der Waals surface area contributed by atoms with Crippen LogP contribution in [-0.2, 0) is 0 Å². The van der Waals surface area contributed by atoms with Gasteiger partial charge in [0.25, 0.3) is 5.91 Å². The first-order valence-electron chi connectivity index (χ1n) is 7.19. The first kappa shape index (κ1) is 16.0. The molecule has 24 heavy (non-hydrogen) atoms. The van der Waals surface area contributed by atoms with E-state index in [1.807, 2.05) is 12.1 Å². The minimum Gasteiger partial charge on any atom is -0.497 e. The van der Waals surface area contributed by atoms with Gasteiger partial charge in [0, 0.05) is 28.7 Å². The van der Waals surface area contributed by atoms with Crippen LogP contribution in [0.25, 0.3) is 11.4 Å². The van der Waals surface area contributed by atoms with Crippen LogP contribution in [0, 0.1) is 0 Å². The number of aromatic nitrogens is 2. The third kappa shape index (κ3) is 3.70. The Labute approximate surface area is 144 Å². The Bertz CT molecular complexity index is 832. The number of carbonyl (C=O) groups excluding carboxylic acids is 1. The molecule has 1 heterocycles. The molecule has 5 nitrogen and oxygen atoms in total. The molecule has 120 valence electrons. The summed E-state index contributed by atoms with van der Waals surface area (Å²) in [6.07, 6.45) is 2.99. The molecular weight excluding hydrogens is 326 g/mol. The number of nitrogens with zero attached hydrogens (tertiary/aromatic N) is 2. The molecule has 0 aliphatic carbocycles. The molecule has 0 atom stereocenters. The first-order chi connectivity index (χ1) is 11.7. The van der Waals surface area contributed by atoms with Gasteiger partial charge in [-0.25, -0.2) is 9.97 Å². The molecule has 0 bridgehead atoms. The fourth-order valence-corrected chi connectivity index (χ4v) is 2.20. The molecule has 1 aromatic heterocycles. The first-order valence-corrected chi connectivity index (χ1v) is 7.57. The molecule has 0 aliphatic rings. The van der Waals surface area contributed by atoms with Crippen molar-refractivity contribution in [3.05, 3.63) is 71.5 Å². The monoisotopic (exact) mass is 339 g/mol. The maximum absolute atomic E-state index is 12.2. The standard InChI is InChI=1S/C18H14ClN3O2/c1-24-16-8-6-15(7-9-16)22-18(23)13-10-20-17(21-11-13)12-2-4-14(19)5-3-12/h2-11H,1H3,(H,22,23). The summed E-state index contributed by atoms with van der Waals surface area (Å²) in [5.74, 6) is 0.985. The molecule has 6 heteroatoms. The van der Waals surface area contributed by atoms with Gasteiger partial charge in [-0.15, -0.1) is 0 Å². The van der Waals surface area contributed by atoms with Crippen LogP contribution in [0.3, 0.4) is 0 Å². The third-order valence-corrected chi connectivity index (χ3v) is 3.62. The number of ether oxygens (including phenoxy) is 1. The van der Waals surface area contributed by atoms with Crippen molar-refractivity contribution in [1.82, 2.24) is 9.97 Å². The van der Waals surface area contributed by atoms with Crippen molar-refractivity contribution >= 4 is 23.2 Å². The number of hydrogen-bond donors (Lipinski definition) is 1. The molecule has 3 aromatic rings. The molecule has 0 aliphatic heterocycles. The fourth-order valence-electron chi connectivity index (χ4n) is 2.07. The van der Waals surface area contributed by atoms with E-state index in [9.17, 15) is 4.79 Å². The number of halogens is 1. The Morgan fingerprint density at radius 2 is 1.62 bits per heavy atom. The molecule has 3 rings (SSSR count). The number of nitrogens with one attached hydrogen (secondary N) is 1. The lowest BCUT2D eigenvalue weighted by Gasteiger charge is -2.06. The van der Waals surface area contributed by atoms with Crippen molar-refractivity contribution < 1.29 is 9.53 Å². The van der Waals surface area contributed by atoms with Gasteiger partial charge < -0.3 is 10.1 Å². The minimum absolute atomic E-state index is 0.275. The lowest BCUT2D eigenvalue weighted by atomic mass is 10.2. The number of carbonyl (C=O) groups is 1. The van der Waals surface area contributed by atoms with E-state index in [1.165, 1.54) is 12.4 Å². The summed E-state index contributed by atoms with van der Waals surface area (Å²) in [5, 5.41) is 3.43. The lowest BCUT2D eigenvalue weighted by Crippen LogP contribution is -2.12. The van der Waals surface area contributed by atoms with Crippen molar-refractivity contribution in [2.75, 3.05) is 12.4 Å². The smallest absolute Gasteiger partial charge is 0.258 e. The zero-order valence-corrected chi connectivity index (χ0v) is 13.6. The molecule has 0 fully saturated rings. The van der Waals surface area contributed by atoms with Crippen LogP contribution in [0.5, 0.6) is 5.75 Å². The molecule has 0 unspecified atom stereocenters. The van der Waals surface area contributed by atoms with Gasteiger partial charge in [-0.3, -0.25) is 4.79 Å². The average Bonchev–Trinajstić information content (AvgIpc) is 2.63. The Balaban J connectivity index is 1.72. The van der Waals surface area contributed by atoms with Gasteiger partial charge in [-0.1, -0.05) is 11.6 Å². The van der Waals surface area contributed by atoms with Crippen molar-refractivity contribution in [2.24, 2.45) is 0 Å². The predicted molar refractivity (Wildman–Crippen MR) is 93.4 cm³/mol. The highest BCUT2D eigenvalue weighted by molar-refractivity contribution is 6.30. The van der Waals surface area contributed by atoms with Gasteiger partial charge in [-0.2, -0.15) is 0 Å². The van der Waals surface area contributed by atoms with Crippen molar-refractivity contribution in [1.29, 1.82) is 0 Å². The summed E-state index contributed by atoms with van der Waals surface area (Å²) in [4.78, 5) is 20.7. The Morgan fingerprint density at radius 1 is 1.00 bits per heavy atom.